The lowest BCUT2D eigenvalue weighted by molar-refractivity contribution is -0.384. The Labute approximate surface area is 72.3 Å². The molecule has 0 fully saturated rings. The molecule has 0 aromatic carbocycles. The summed E-state index contributed by atoms with van der Waals surface area (Å²) >= 11 is 0. The number of hydrogen-bond donors (Lipinski definition) is 1. The Hall–Kier alpha value is -1.85. The number of nitro groups is 1. The molecular weight excluding hydrogens is 162 g/mol. The molecule has 6 heteroatoms. The number of methoxy groups -OCH3 is 1. The Kier molecular flexibility index (Phi) is 1.24. The zero-order valence-electron chi connectivity index (χ0n) is 8.85. The van der Waals surface area contributed by atoms with Gasteiger partial charge in [-0.25, -0.2) is 0 Å². The summed E-state index contributed by atoms with van der Waals surface area (Å²) in [6.45, 7) is 0. The SMILES string of the molecule is [2H]C([2H])([2H])Oc1ccc([N+](=O)[O-])c(N)n1. The van der Waals surface area contributed by atoms with E-state index in [-0.39, 0.29) is 11.7 Å². The zero-order valence-corrected chi connectivity index (χ0v) is 5.85. The predicted octanol–water partition coefficient (Wildman–Crippen LogP) is 0.581. The highest BCUT2D eigenvalue weighted by atomic mass is 16.6. The Morgan fingerprint density at radius 1 is 1.83 bits per heavy atom. The van der Waals surface area contributed by atoms with Gasteiger partial charge in [0.15, 0.2) is 0 Å². The van der Waals surface area contributed by atoms with Crippen LogP contribution < -0.4 is 10.5 Å². The normalized spacial score (nSPS) is 14.2. The van der Waals surface area contributed by atoms with Crippen LogP contribution in [-0.2, 0) is 0 Å². The van der Waals surface area contributed by atoms with E-state index in [0.717, 1.165) is 12.1 Å². The van der Waals surface area contributed by atoms with Gasteiger partial charge in [-0.15, -0.1) is 0 Å². The number of anilines is 1. The van der Waals surface area contributed by atoms with Gasteiger partial charge in [-0.3, -0.25) is 10.1 Å². The fraction of sp³-hybridized carbons (Fsp3) is 0.167. The summed E-state index contributed by atoms with van der Waals surface area (Å²) in [4.78, 5) is 13.1. The number of nitrogen functional groups attached to an aromatic ring is 1. The number of hydrogen-bond acceptors (Lipinski definition) is 5. The topological polar surface area (TPSA) is 91.3 Å². The van der Waals surface area contributed by atoms with E-state index in [4.69, 9.17) is 9.85 Å². The molecule has 0 amide bonds. The smallest absolute Gasteiger partial charge is 0.311 e. The van der Waals surface area contributed by atoms with Crippen molar-refractivity contribution in [3.8, 4) is 5.88 Å². The van der Waals surface area contributed by atoms with Crippen LogP contribution in [0, 0.1) is 10.1 Å². The maximum absolute atomic E-state index is 10.4. The number of rotatable bonds is 2. The van der Waals surface area contributed by atoms with Crippen LogP contribution in [0.2, 0.25) is 0 Å². The van der Waals surface area contributed by atoms with E-state index in [1.807, 2.05) is 0 Å². The first-order valence-corrected chi connectivity index (χ1v) is 2.89. The number of nitrogens with zero attached hydrogens (tertiary/aromatic N) is 2. The minimum Gasteiger partial charge on any atom is -0.481 e. The molecule has 6 nitrogen and oxygen atoms in total. The standard InChI is InChI=1S/C6H7N3O3/c1-12-5-3-2-4(9(10)11)6(7)8-5/h2-3H,1H3,(H2,7,8)/i1D3. The molecule has 0 aliphatic rings. The average Bonchev–Trinajstić information content (AvgIpc) is 1.99. The third kappa shape index (κ3) is 1.42. The molecular formula is C6H7N3O3. The first kappa shape index (κ1) is 4.91. The van der Waals surface area contributed by atoms with Crippen LogP contribution in [0.25, 0.3) is 0 Å². The second kappa shape index (κ2) is 3.04. The van der Waals surface area contributed by atoms with Crippen LogP contribution in [0.1, 0.15) is 4.11 Å². The van der Waals surface area contributed by atoms with Crippen LogP contribution >= 0.6 is 0 Å². The van der Waals surface area contributed by atoms with Gasteiger partial charge >= 0.3 is 5.69 Å². The fourth-order valence-corrected chi connectivity index (χ4v) is 0.660. The van der Waals surface area contributed by atoms with Gasteiger partial charge in [0.1, 0.15) is 0 Å². The van der Waals surface area contributed by atoms with Gasteiger partial charge in [0.05, 0.1) is 16.1 Å². The van der Waals surface area contributed by atoms with E-state index in [1.165, 1.54) is 0 Å². The average molecular weight is 172 g/mol. The molecule has 1 rings (SSSR count). The highest BCUT2D eigenvalue weighted by molar-refractivity contribution is 5.53. The molecule has 0 unspecified atom stereocenters. The van der Waals surface area contributed by atoms with Crippen molar-refractivity contribution < 1.29 is 13.8 Å². The van der Waals surface area contributed by atoms with Crippen LogP contribution in [-0.4, -0.2) is 16.9 Å². The molecule has 0 bridgehead atoms. The van der Waals surface area contributed by atoms with Crippen molar-refractivity contribution in [2.24, 2.45) is 0 Å². The minimum atomic E-state index is -2.66. The highest BCUT2D eigenvalue weighted by Gasteiger charge is 2.12. The van der Waals surface area contributed by atoms with Crippen molar-refractivity contribution in [1.82, 2.24) is 4.98 Å². The summed E-state index contributed by atoms with van der Waals surface area (Å²) in [5.74, 6) is -0.667. The van der Waals surface area contributed by atoms with E-state index in [0.29, 0.717) is 0 Å². The summed E-state index contributed by atoms with van der Waals surface area (Å²) in [6, 6.07) is 2.10. The molecule has 1 heterocycles. The second-order valence-corrected chi connectivity index (χ2v) is 1.91. The zero-order chi connectivity index (χ0) is 11.6. The van der Waals surface area contributed by atoms with E-state index in [2.05, 4.69) is 9.72 Å². The molecule has 64 valence electrons. The minimum absolute atomic E-state index is 0.280. The number of aromatic nitrogens is 1. The van der Waals surface area contributed by atoms with Crippen molar-refractivity contribution in [2.45, 2.75) is 0 Å². The van der Waals surface area contributed by atoms with Gasteiger partial charge in [0.25, 0.3) is 0 Å². The number of nitrogens with two attached hydrogens (primary N) is 1. The lowest BCUT2D eigenvalue weighted by Crippen LogP contribution is -1.99. The molecule has 1 aromatic rings. The van der Waals surface area contributed by atoms with Gasteiger partial charge in [-0.1, -0.05) is 0 Å². The molecule has 0 saturated heterocycles. The van der Waals surface area contributed by atoms with Crippen LogP contribution in [0.3, 0.4) is 0 Å². The molecule has 0 atom stereocenters. The first-order valence-electron chi connectivity index (χ1n) is 4.39. The van der Waals surface area contributed by atoms with Crippen molar-refractivity contribution in [3.63, 3.8) is 0 Å². The maximum atomic E-state index is 10.4. The van der Waals surface area contributed by atoms with Gasteiger partial charge in [0, 0.05) is 12.1 Å². The summed E-state index contributed by atoms with van der Waals surface area (Å²) in [6.07, 6.45) is 0. The lowest BCUT2D eigenvalue weighted by atomic mass is 10.4. The Bertz CT molecular complexity index is 393. The Balaban J connectivity index is 2.97. The summed E-state index contributed by atoms with van der Waals surface area (Å²) in [5.41, 5.74) is 4.83. The highest BCUT2D eigenvalue weighted by Crippen LogP contribution is 2.21. The van der Waals surface area contributed by atoms with Crippen LogP contribution in [0.4, 0.5) is 11.5 Å². The Morgan fingerprint density at radius 2 is 2.58 bits per heavy atom. The van der Waals surface area contributed by atoms with Crippen LogP contribution in [0.15, 0.2) is 12.1 Å². The van der Waals surface area contributed by atoms with Crippen molar-refractivity contribution >= 4 is 11.5 Å². The monoisotopic (exact) mass is 172 g/mol. The third-order valence-electron chi connectivity index (χ3n) is 1.18. The van der Waals surface area contributed by atoms with E-state index >= 15 is 0 Å². The number of ether oxygens (including phenoxy) is 1. The first-order chi connectivity index (χ1) is 6.79. The summed E-state index contributed by atoms with van der Waals surface area (Å²) in [5, 5.41) is 10.4. The Morgan fingerprint density at radius 3 is 3.08 bits per heavy atom. The van der Waals surface area contributed by atoms with Gasteiger partial charge < -0.3 is 10.5 Å². The molecule has 0 saturated carbocycles. The second-order valence-electron chi connectivity index (χ2n) is 1.91. The largest absolute Gasteiger partial charge is 0.481 e. The molecule has 1 aromatic heterocycles. The molecule has 0 spiro atoms. The van der Waals surface area contributed by atoms with Gasteiger partial charge in [-0.05, 0) is 0 Å². The van der Waals surface area contributed by atoms with Gasteiger partial charge in [-0.2, -0.15) is 4.98 Å². The number of pyridine rings is 1. The van der Waals surface area contributed by atoms with Crippen molar-refractivity contribution in [2.75, 3.05) is 12.8 Å². The quantitative estimate of drug-likeness (QED) is 0.520. The molecule has 0 radical (unpaired) electrons. The van der Waals surface area contributed by atoms with Gasteiger partial charge in [0.2, 0.25) is 11.7 Å². The summed E-state index contributed by atoms with van der Waals surface area (Å²) < 4.78 is 24.7. The molecule has 2 N–H and O–H groups in total. The van der Waals surface area contributed by atoms with E-state index < -0.39 is 17.6 Å². The van der Waals surface area contributed by atoms with Crippen LogP contribution in [0.5, 0.6) is 5.88 Å². The molecule has 0 aliphatic carbocycles. The molecule has 12 heavy (non-hydrogen) atoms. The lowest BCUT2D eigenvalue weighted by Gasteiger charge is -1.99. The maximum Gasteiger partial charge on any atom is 0.311 e. The van der Waals surface area contributed by atoms with Crippen molar-refractivity contribution in [3.05, 3.63) is 22.2 Å². The fourth-order valence-electron chi connectivity index (χ4n) is 0.660. The molecule has 0 aliphatic heterocycles. The summed E-state index contributed by atoms with van der Waals surface area (Å²) in [7, 11) is -2.66. The van der Waals surface area contributed by atoms with E-state index in [9.17, 15) is 10.1 Å². The van der Waals surface area contributed by atoms with Crippen molar-refractivity contribution in [1.29, 1.82) is 0 Å². The third-order valence-corrected chi connectivity index (χ3v) is 1.18. The van der Waals surface area contributed by atoms with E-state index in [1.54, 1.807) is 0 Å². The predicted molar refractivity (Wildman–Crippen MR) is 41.9 cm³/mol.